The summed E-state index contributed by atoms with van der Waals surface area (Å²) in [5.41, 5.74) is 1.59. The molecule has 0 bridgehead atoms. The van der Waals surface area contributed by atoms with E-state index in [1.54, 1.807) is 14.0 Å². The van der Waals surface area contributed by atoms with Crippen molar-refractivity contribution in [2.75, 3.05) is 7.11 Å². The minimum absolute atomic E-state index is 0.482. The van der Waals surface area contributed by atoms with Crippen LogP contribution in [0.2, 0.25) is 0 Å². The third-order valence-electron chi connectivity index (χ3n) is 2.70. The lowest BCUT2D eigenvalue weighted by molar-refractivity contribution is -0.0481. The Labute approximate surface area is 94.8 Å². The minimum atomic E-state index is -0.573. The van der Waals surface area contributed by atoms with E-state index in [0.29, 0.717) is 11.5 Å². The van der Waals surface area contributed by atoms with Gasteiger partial charge in [-0.2, -0.15) is 0 Å². The number of aliphatic hydroxyl groups is 1. The van der Waals surface area contributed by atoms with Crippen LogP contribution in [0.5, 0.6) is 0 Å². The van der Waals surface area contributed by atoms with Crippen LogP contribution in [-0.2, 0) is 14.2 Å². The SMILES string of the molecule is COC1=C(C)O[C@@H]2OC(C)=CC([C@H](C)O)=C12. The van der Waals surface area contributed by atoms with Crippen molar-refractivity contribution in [3.8, 4) is 0 Å². The van der Waals surface area contributed by atoms with Gasteiger partial charge in [-0.1, -0.05) is 0 Å². The van der Waals surface area contributed by atoms with Crippen molar-refractivity contribution in [1.82, 2.24) is 0 Å². The lowest BCUT2D eigenvalue weighted by atomic mass is 9.99. The standard InChI is InChI=1S/C12H16O4/c1-6-5-9(7(2)13)10-11(14-4)8(3)16-12(10)15-6/h5,7,12-13H,1-4H3/t7-,12-/m0/s1. The van der Waals surface area contributed by atoms with Crippen molar-refractivity contribution in [2.45, 2.75) is 33.2 Å². The molecule has 2 rings (SSSR count). The fraction of sp³-hybridized carbons (Fsp3) is 0.500. The van der Waals surface area contributed by atoms with Crippen LogP contribution in [-0.4, -0.2) is 24.6 Å². The van der Waals surface area contributed by atoms with Gasteiger partial charge in [-0.3, -0.25) is 0 Å². The molecule has 0 saturated carbocycles. The molecule has 88 valence electrons. The minimum Gasteiger partial charge on any atom is -0.493 e. The van der Waals surface area contributed by atoms with Crippen molar-refractivity contribution in [3.63, 3.8) is 0 Å². The summed E-state index contributed by atoms with van der Waals surface area (Å²) >= 11 is 0. The number of aliphatic hydroxyl groups excluding tert-OH is 1. The molecule has 0 aliphatic carbocycles. The van der Waals surface area contributed by atoms with E-state index in [2.05, 4.69) is 0 Å². The van der Waals surface area contributed by atoms with E-state index >= 15 is 0 Å². The second-order valence-corrected chi connectivity index (χ2v) is 3.96. The van der Waals surface area contributed by atoms with Gasteiger partial charge in [0.25, 0.3) is 6.29 Å². The van der Waals surface area contributed by atoms with Crippen molar-refractivity contribution in [1.29, 1.82) is 0 Å². The van der Waals surface area contributed by atoms with E-state index in [1.807, 2.05) is 19.9 Å². The molecule has 2 aliphatic heterocycles. The fourth-order valence-electron chi connectivity index (χ4n) is 2.02. The van der Waals surface area contributed by atoms with Crippen LogP contribution in [0.4, 0.5) is 0 Å². The molecule has 0 unspecified atom stereocenters. The molecule has 2 aliphatic rings. The average Bonchev–Trinajstić information content (AvgIpc) is 2.51. The Balaban J connectivity index is 2.53. The quantitative estimate of drug-likeness (QED) is 0.777. The fourth-order valence-corrected chi connectivity index (χ4v) is 2.02. The molecular formula is C12H16O4. The third kappa shape index (κ3) is 1.59. The van der Waals surface area contributed by atoms with E-state index in [4.69, 9.17) is 14.2 Å². The first kappa shape index (κ1) is 11.1. The van der Waals surface area contributed by atoms with Gasteiger partial charge in [-0.05, 0) is 32.4 Å². The first-order chi connectivity index (χ1) is 7.54. The number of ether oxygens (including phenoxy) is 3. The summed E-state index contributed by atoms with van der Waals surface area (Å²) in [4.78, 5) is 0. The van der Waals surface area contributed by atoms with E-state index < -0.39 is 12.4 Å². The summed E-state index contributed by atoms with van der Waals surface area (Å²) < 4.78 is 16.4. The number of rotatable bonds is 2. The van der Waals surface area contributed by atoms with Gasteiger partial charge in [-0.25, -0.2) is 0 Å². The predicted octanol–water partition coefficient (Wildman–Crippen LogP) is 1.83. The highest BCUT2D eigenvalue weighted by Gasteiger charge is 2.37. The maximum atomic E-state index is 9.75. The maximum Gasteiger partial charge on any atom is 0.270 e. The molecule has 0 fully saturated rings. The van der Waals surface area contributed by atoms with Crippen LogP contribution in [0, 0.1) is 0 Å². The predicted molar refractivity (Wildman–Crippen MR) is 58.1 cm³/mol. The van der Waals surface area contributed by atoms with E-state index in [1.165, 1.54) is 0 Å². The largest absolute Gasteiger partial charge is 0.493 e. The third-order valence-corrected chi connectivity index (χ3v) is 2.70. The normalized spacial score (nSPS) is 25.8. The molecule has 0 saturated heterocycles. The summed E-state index contributed by atoms with van der Waals surface area (Å²) in [5.74, 6) is 2.07. The summed E-state index contributed by atoms with van der Waals surface area (Å²) in [7, 11) is 1.59. The van der Waals surface area contributed by atoms with Gasteiger partial charge in [0.05, 0.1) is 24.5 Å². The molecular weight excluding hydrogens is 208 g/mol. The number of allylic oxidation sites excluding steroid dienone is 2. The molecule has 4 heteroatoms. The molecule has 0 spiro atoms. The second kappa shape index (κ2) is 3.87. The molecule has 0 aromatic rings. The van der Waals surface area contributed by atoms with Gasteiger partial charge >= 0.3 is 0 Å². The van der Waals surface area contributed by atoms with Crippen LogP contribution < -0.4 is 0 Å². The van der Waals surface area contributed by atoms with Crippen molar-refractivity contribution in [3.05, 3.63) is 34.5 Å². The molecule has 2 heterocycles. The van der Waals surface area contributed by atoms with Gasteiger partial charge in [0.2, 0.25) is 0 Å². The Hall–Kier alpha value is -1.42. The summed E-state index contributed by atoms with van der Waals surface area (Å²) in [6.07, 6.45) is 0.762. The lowest BCUT2D eigenvalue weighted by Gasteiger charge is -2.24. The van der Waals surface area contributed by atoms with Crippen LogP contribution >= 0.6 is 0 Å². The number of fused-ring (bicyclic) bond motifs is 1. The smallest absolute Gasteiger partial charge is 0.270 e. The average molecular weight is 224 g/mol. The summed E-state index contributed by atoms with van der Waals surface area (Å²) in [5, 5.41) is 9.75. The number of methoxy groups -OCH3 is 1. The number of hydrogen-bond acceptors (Lipinski definition) is 4. The van der Waals surface area contributed by atoms with E-state index in [9.17, 15) is 5.11 Å². The van der Waals surface area contributed by atoms with Gasteiger partial charge < -0.3 is 19.3 Å². The monoisotopic (exact) mass is 224 g/mol. The summed E-state index contributed by atoms with van der Waals surface area (Å²) in [6.45, 7) is 5.38. The van der Waals surface area contributed by atoms with Crippen LogP contribution in [0.3, 0.4) is 0 Å². The highest BCUT2D eigenvalue weighted by Crippen LogP contribution is 2.39. The summed E-state index contributed by atoms with van der Waals surface area (Å²) in [6, 6.07) is 0. The van der Waals surface area contributed by atoms with Gasteiger partial charge in [-0.15, -0.1) is 0 Å². The Bertz CT molecular complexity index is 401. The second-order valence-electron chi connectivity index (χ2n) is 3.96. The lowest BCUT2D eigenvalue weighted by Crippen LogP contribution is -2.22. The zero-order valence-corrected chi connectivity index (χ0v) is 9.90. The van der Waals surface area contributed by atoms with Gasteiger partial charge in [0.1, 0.15) is 5.76 Å². The Morgan fingerprint density at radius 2 is 2.06 bits per heavy atom. The maximum absolute atomic E-state index is 9.75. The number of hydrogen-bond donors (Lipinski definition) is 1. The molecule has 0 radical (unpaired) electrons. The molecule has 4 nitrogen and oxygen atoms in total. The Morgan fingerprint density at radius 3 is 2.62 bits per heavy atom. The van der Waals surface area contributed by atoms with Crippen molar-refractivity contribution >= 4 is 0 Å². The highest BCUT2D eigenvalue weighted by molar-refractivity contribution is 5.47. The molecule has 0 aromatic heterocycles. The first-order valence-electron chi connectivity index (χ1n) is 5.23. The zero-order valence-electron chi connectivity index (χ0n) is 9.90. The van der Waals surface area contributed by atoms with Gasteiger partial charge in [0, 0.05) is 0 Å². The Morgan fingerprint density at radius 1 is 1.38 bits per heavy atom. The molecule has 0 amide bonds. The van der Waals surface area contributed by atoms with Crippen LogP contribution in [0.25, 0.3) is 0 Å². The Kier molecular flexibility index (Phi) is 2.68. The molecule has 1 N–H and O–H groups in total. The zero-order chi connectivity index (χ0) is 11.9. The van der Waals surface area contributed by atoms with Crippen molar-refractivity contribution in [2.24, 2.45) is 0 Å². The first-order valence-corrected chi connectivity index (χ1v) is 5.23. The van der Waals surface area contributed by atoms with Crippen LogP contribution in [0.1, 0.15) is 20.8 Å². The highest BCUT2D eigenvalue weighted by atomic mass is 16.7. The molecule has 16 heavy (non-hydrogen) atoms. The van der Waals surface area contributed by atoms with Gasteiger partial charge in [0.15, 0.2) is 5.76 Å². The van der Waals surface area contributed by atoms with E-state index in [-0.39, 0.29) is 0 Å². The topological polar surface area (TPSA) is 47.9 Å². The molecule has 0 aromatic carbocycles. The van der Waals surface area contributed by atoms with Crippen molar-refractivity contribution < 1.29 is 19.3 Å². The molecule has 2 atom stereocenters. The van der Waals surface area contributed by atoms with Crippen LogP contribution in [0.15, 0.2) is 34.5 Å². The van der Waals surface area contributed by atoms with E-state index in [0.717, 1.165) is 16.9 Å².